The normalized spacial score (nSPS) is 12.1. The van der Waals surface area contributed by atoms with Gasteiger partial charge in [-0.3, -0.25) is 9.48 Å². The first-order valence-electron chi connectivity index (χ1n) is 6.80. The molecule has 1 aromatic heterocycles. The molecule has 1 unspecified atom stereocenters. The van der Waals surface area contributed by atoms with E-state index in [-0.39, 0.29) is 11.9 Å². The van der Waals surface area contributed by atoms with Crippen LogP contribution in [0.1, 0.15) is 35.4 Å². The lowest BCUT2D eigenvalue weighted by molar-refractivity contribution is 0.0930. The van der Waals surface area contributed by atoms with Crippen molar-refractivity contribution in [1.29, 1.82) is 0 Å². The van der Waals surface area contributed by atoms with Crippen molar-refractivity contribution in [3.8, 4) is 0 Å². The van der Waals surface area contributed by atoms with Crippen LogP contribution in [0, 0.1) is 0 Å². The summed E-state index contributed by atoms with van der Waals surface area (Å²) < 4.78 is 2.58. The third-order valence-electron chi connectivity index (χ3n) is 3.12. The molecule has 2 rings (SSSR count). The second-order valence-corrected chi connectivity index (χ2v) is 5.56. The molecule has 1 aromatic carbocycles. The van der Waals surface area contributed by atoms with Gasteiger partial charge in [-0.25, -0.2) is 0 Å². The number of hydrogen-bond donors (Lipinski definition) is 2. The lowest BCUT2D eigenvalue weighted by Crippen LogP contribution is -2.28. The number of aromatic nitrogens is 3. The molecule has 0 bridgehead atoms. The van der Waals surface area contributed by atoms with Gasteiger partial charge in [-0.2, -0.15) is 0 Å². The van der Waals surface area contributed by atoms with Gasteiger partial charge in [-0.1, -0.05) is 40.2 Å². The van der Waals surface area contributed by atoms with E-state index in [0.717, 1.165) is 16.5 Å². The molecule has 0 radical (unpaired) electrons. The molecule has 0 fully saturated rings. The molecule has 3 N–H and O–H groups in total. The molecule has 7 heteroatoms. The van der Waals surface area contributed by atoms with Crippen LogP contribution in [0.2, 0.25) is 0 Å². The monoisotopic (exact) mass is 351 g/mol. The van der Waals surface area contributed by atoms with Gasteiger partial charge in [0, 0.05) is 11.0 Å². The van der Waals surface area contributed by atoms with E-state index in [4.69, 9.17) is 5.73 Å². The summed E-state index contributed by atoms with van der Waals surface area (Å²) in [4.78, 5) is 12.2. The van der Waals surface area contributed by atoms with Gasteiger partial charge >= 0.3 is 0 Å². The summed E-state index contributed by atoms with van der Waals surface area (Å²) >= 11 is 3.40. The second-order valence-electron chi connectivity index (χ2n) is 4.64. The van der Waals surface area contributed by atoms with Crippen LogP contribution < -0.4 is 11.1 Å². The van der Waals surface area contributed by atoms with Gasteiger partial charge in [-0.15, -0.1) is 5.10 Å². The summed E-state index contributed by atoms with van der Waals surface area (Å²) in [6.07, 6.45) is 2.40. The number of benzene rings is 1. The Morgan fingerprint density at radius 1 is 1.43 bits per heavy atom. The third-order valence-corrected chi connectivity index (χ3v) is 3.64. The number of hydrogen-bond acceptors (Lipinski definition) is 4. The van der Waals surface area contributed by atoms with Crippen LogP contribution >= 0.6 is 15.9 Å². The van der Waals surface area contributed by atoms with Crippen LogP contribution in [-0.2, 0) is 6.54 Å². The Kier molecular flexibility index (Phi) is 5.46. The van der Waals surface area contributed by atoms with Gasteiger partial charge in [0.2, 0.25) is 0 Å². The molecular weight excluding hydrogens is 334 g/mol. The predicted molar refractivity (Wildman–Crippen MR) is 83.7 cm³/mol. The Labute approximate surface area is 131 Å². The Hall–Kier alpha value is -1.73. The molecule has 6 nitrogen and oxygen atoms in total. The fraction of sp³-hybridized carbons (Fsp3) is 0.357. The zero-order chi connectivity index (χ0) is 15.2. The van der Waals surface area contributed by atoms with Crippen molar-refractivity contribution in [3.63, 3.8) is 0 Å². The van der Waals surface area contributed by atoms with Crippen LogP contribution in [0.15, 0.2) is 34.9 Å². The first-order chi connectivity index (χ1) is 10.1. The fourth-order valence-corrected chi connectivity index (χ4v) is 2.26. The number of nitrogens with two attached hydrogens (primary N) is 1. The van der Waals surface area contributed by atoms with E-state index in [0.29, 0.717) is 18.8 Å². The molecule has 2 aromatic rings. The summed E-state index contributed by atoms with van der Waals surface area (Å²) in [7, 11) is 0. The van der Waals surface area contributed by atoms with E-state index >= 15 is 0 Å². The first kappa shape index (κ1) is 15.7. The molecule has 112 valence electrons. The summed E-state index contributed by atoms with van der Waals surface area (Å²) in [5, 5.41) is 10.7. The number of carbonyl (C=O) groups is 1. The van der Waals surface area contributed by atoms with E-state index in [1.807, 2.05) is 31.2 Å². The molecular formula is C14H18BrN5O. The quantitative estimate of drug-likeness (QED) is 0.831. The smallest absolute Gasteiger partial charge is 0.273 e. The van der Waals surface area contributed by atoms with Gasteiger partial charge in [0.1, 0.15) is 0 Å². The van der Waals surface area contributed by atoms with Crippen molar-refractivity contribution in [2.24, 2.45) is 5.73 Å². The molecule has 1 amide bonds. The van der Waals surface area contributed by atoms with Crippen molar-refractivity contribution in [3.05, 3.63) is 46.2 Å². The highest BCUT2D eigenvalue weighted by molar-refractivity contribution is 9.10. The van der Waals surface area contributed by atoms with Crippen molar-refractivity contribution >= 4 is 21.8 Å². The second kappa shape index (κ2) is 7.33. The van der Waals surface area contributed by atoms with E-state index in [9.17, 15) is 4.79 Å². The van der Waals surface area contributed by atoms with E-state index in [1.165, 1.54) is 0 Å². The summed E-state index contributed by atoms with van der Waals surface area (Å²) in [5.74, 6) is -0.229. The molecule has 0 aliphatic carbocycles. The van der Waals surface area contributed by atoms with Gasteiger partial charge in [0.15, 0.2) is 5.69 Å². The van der Waals surface area contributed by atoms with E-state index in [2.05, 4.69) is 31.6 Å². The van der Waals surface area contributed by atoms with E-state index in [1.54, 1.807) is 10.9 Å². The lowest BCUT2D eigenvalue weighted by atomic mass is 10.0. The van der Waals surface area contributed by atoms with Crippen molar-refractivity contribution in [1.82, 2.24) is 20.3 Å². The van der Waals surface area contributed by atoms with Crippen molar-refractivity contribution < 1.29 is 4.79 Å². The Bertz CT molecular complexity index is 596. The molecule has 0 aliphatic rings. The van der Waals surface area contributed by atoms with E-state index < -0.39 is 0 Å². The van der Waals surface area contributed by atoms with Crippen molar-refractivity contribution in [2.45, 2.75) is 25.9 Å². The zero-order valence-electron chi connectivity index (χ0n) is 11.8. The molecule has 0 saturated carbocycles. The summed E-state index contributed by atoms with van der Waals surface area (Å²) in [5.41, 5.74) is 6.81. The standard InChI is InChI=1S/C14H18BrN5O/c1-2-12(10-3-5-11(15)6-4-10)17-14(21)13-9-20(8-7-16)19-18-13/h3-6,9,12H,2,7-8,16H2,1H3,(H,17,21). The predicted octanol–water partition coefficient (Wildman–Crippen LogP) is 1.88. The maximum Gasteiger partial charge on any atom is 0.273 e. The third kappa shape index (κ3) is 4.12. The summed E-state index contributed by atoms with van der Waals surface area (Å²) in [6.45, 7) is 3.03. The number of rotatable bonds is 6. The molecule has 0 aliphatic heterocycles. The maximum absolute atomic E-state index is 12.2. The maximum atomic E-state index is 12.2. The highest BCUT2D eigenvalue weighted by Crippen LogP contribution is 2.19. The van der Waals surface area contributed by atoms with Crippen LogP contribution in [0.4, 0.5) is 0 Å². The minimum atomic E-state index is -0.229. The van der Waals surface area contributed by atoms with Crippen molar-refractivity contribution in [2.75, 3.05) is 6.54 Å². The highest BCUT2D eigenvalue weighted by Gasteiger charge is 2.16. The van der Waals surface area contributed by atoms with Crippen LogP contribution in [0.3, 0.4) is 0 Å². The number of halogens is 1. The number of nitrogens with one attached hydrogen (secondary N) is 1. The Morgan fingerprint density at radius 3 is 2.76 bits per heavy atom. The topological polar surface area (TPSA) is 85.8 Å². The minimum absolute atomic E-state index is 0.0507. The Morgan fingerprint density at radius 2 is 2.14 bits per heavy atom. The number of nitrogens with zero attached hydrogens (tertiary/aromatic N) is 3. The summed E-state index contributed by atoms with van der Waals surface area (Å²) in [6, 6.07) is 7.85. The first-order valence-corrected chi connectivity index (χ1v) is 7.60. The lowest BCUT2D eigenvalue weighted by Gasteiger charge is -2.16. The van der Waals surface area contributed by atoms with Crippen LogP contribution in [0.25, 0.3) is 0 Å². The number of carbonyl (C=O) groups excluding carboxylic acids is 1. The van der Waals surface area contributed by atoms with Gasteiger partial charge in [0.25, 0.3) is 5.91 Å². The van der Waals surface area contributed by atoms with Crippen LogP contribution in [-0.4, -0.2) is 27.4 Å². The van der Waals surface area contributed by atoms with Gasteiger partial charge < -0.3 is 11.1 Å². The van der Waals surface area contributed by atoms with Gasteiger partial charge in [-0.05, 0) is 24.1 Å². The molecule has 0 saturated heterocycles. The molecule has 1 heterocycles. The van der Waals surface area contributed by atoms with Gasteiger partial charge in [0.05, 0.1) is 18.8 Å². The Balaban J connectivity index is 2.06. The average Bonchev–Trinajstić information content (AvgIpc) is 2.95. The highest BCUT2D eigenvalue weighted by atomic mass is 79.9. The average molecular weight is 352 g/mol. The van der Waals surface area contributed by atoms with Crippen LogP contribution in [0.5, 0.6) is 0 Å². The molecule has 21 heavy (non-hydrogen) atoms. The fourth-order valence-electron chi connectivity index (χ4n) is 1.99. The zero-order valence-corrected chi connectivity index (χ0v) is 13.4. The molecule has 0 spiro atoms. The molecule has 1 atom stereocenters. The SMILES string of the molecule is CCC(NC(=O)c1cn(CCN)nn1)c1ccc(Br)cc1. The number of amides is 1. The largest absolute Gasteiger partial charge is 0.344 e. The minimum Gasteiger partial charge on any atom is -0.344 e.